The molecule has 1 N–H and O–H groups in total. The van der Waals surface area contributed by atoms with E-state index in [1.807, 2.05) is 13.0 Å². The Hall–Kier alpha value is -1.93. The second-order valence-corrected chi connectivity index (χ2v) is 8.57. The summed E-state index contributed by atoms with van der Waals surface area (Å²) in [5.74, 6) is 1.65. The predicted octanol–water partition coefficient (Wildman–Crippen LogP) is 3.91. The summed E-state index contributed by atoms with van der Waals surface area (Å²) in [6, 6.07) is 4.00. The summed E-state index contributed by atoms with van der Waals surface area (Å²) in [5, 5.41) is 13.1. The van der Waals surface area contributed by atoms with Crippen LogP contribution in [0.5, 0.6) is 5.75 Å². The molecule has 0 radical (unpaired) electrons. The first-order valence-electron chi connectivity index (χ1n) is 9.53. The van der Waals surface area contributed by atoms with Crippen LogP contribution in [0.25, 0.3) is 0 Å². The summed E-state index contributed by atoms with van der Waals surface area (Å²) < 4.78 is 7.54. The van der Waals surface area contributed by atoms with Crippen LogP contribution in [0.2, 0.25) is 5.02 Å². The topological polar surface area (TPSA) is 72.3 Å². The van der Waals surface area contributed by atoms with Gasteiger partial charge in [-0.25, -0.2) is 0 Å². The van der Waals surface area contributed by atoms with Gasteiger partial charge in [0.2, 0.25) is 11.9 Å². The number of carbonyl (C=O) groups excluding carboxylic acids is 1. The lowest BCUT2D eigenvalue weighted by molar-refractivity contribution is -0.113. The van der Waals surface area contributed by atoms with Crippen molar-refractivity contribution in [2.45, 2.75) is 43.8 Å². The van der Waals surface area contributed by atoms with Gasteiger partial charge in [0.15, 0.2) is 5.16 Å². The highest BCUT2D eigenvalue weighted by Crippen LogP contribution is 2.41. The van der Waals surface area contributed by atoms with E-state index in [2.05, 4.69) is 25.0 Å². The molecular weight excluding hydrogens is 398 g/mol. The Morgan fingerprint density at radius 2 is 2.07 bits per heavy atom. The molecule has 1 aliphatic heterocycles. The molecule has 0 spiro atoms. The number of hydrogen-bond donors (Lipinski definition) is 1. The molecule has 7 nitrogen and oxygen atoms in total. The van der Waals surface area contributed by atoms with Gasteiger partial charge in [0.25, 0.3) is 0 Å². The highest BCUT2D eigenvalue weighted by Gasteiger charge is 2.32. The number of aromatic nitrogens is 3. The van der Waals surface area contributed by atoms with Crippen molar-refractivity contribution in [2.24, 2.45) is 0 Å². The van der Waals surface area contributed by atoms with E-state index in [9.17, 15) is 4.79 Å². The Bertz CT molecular complexity index is 877. The summed E-state index contributed by atoms with van der Waals surface area (Å²) in [6.07, 6.45) is 4.70. The first-order valence-corrected chi connectivity index (χ1v) is 10.9. The highest BCUT2D eigenvalue weighted by molar-refractivity contribution is 7.99. The van der Waals surface area contributed by atoms with Gasteiger partial charge in [0, 0.05) is 30.2 Å². The van der Waals surface area contributed by atoms with Gasteiger partial charge in [0.05, 0.1) is 18.6 Å². The Kier molecular flexibility index (Phi) is 5.68. The SMILES string of the molecule is COc1cc(Cl)c(C)cc1NC(=O)CSc1nnc(N2CCCC2)n1C1CC1. The largest absolute Gasteiger partial charge is 0.495 e. The maximum atomic E-state index is 12.5. The third kappa shape index (κ3) is 4.07. The molecule has 2 fully saturated rings. The summed E-state index contributed by atoms with van der Waals surface area (Å²) >= 11 is 7.56. The molecular formula is C19H24ClN5O2S. The molecule has 1 aromatic heterocycles. The molecule has 1 saturated carbocycles. The summed E-state index contributed by atoms with van der Waals surface area (Å²) in [7, 11) is 1.56. The maximum Gasteiger partial charge on any atom is 0.234 e. The first-order chi connectivity index (χ1) is 13.6. The smallest absolute Gasteiger partial charge is 0.234 e. The van der Waals surface area contributed by atoms with E-state index in [0.29, 0.717) is 22.5 Å². The van der Waals surface area contributed by atoms with Crippen LogP contribution in [-0.4, -0.2) is 46.6 Å². The molecule has 2 aliphatic rings. The third-order valence-corrected chi connectivity index (χ3v) is 6.38. The zero-order chi connectivity index (χ0) is 19.7. The van der Waals surface area contributed by atoms with Crippen molar-refractivity contribution in [2.75, 3.05) is 36.2 Å². The lowest BCUT2D eigenvalue weighted by Crippen LogP contribution is -2.22. The van der Waals surface area contributed by atoms with Crippen molar-refractivity contribution in [1.82, 2.24) is 14.8 Å². The fraction of sp³-hybridized carbons (Fsp3) is 0.526. The average Bonchev–Trinajstić information content (AvgIpc) is 3.20. The molecule has 1 aromatic carbocycles. The quantitative estimate of drug-likeness (QED) is 0.683. The van der Waals surface area contributed by atoms with Crippen LogP contribution in [-0.2, 0) is 4.79 Å². The highest BCUT2D eigenvalue weighted by atomic mass is 35.5. The van der Waals surface area contributed by atoms with Crippen LogP contribution in [0.1, 0.15) is 37.3 Å². The molecule has 150 valence electrons. The number of aryl methyl sites for hydroxylation is 1. The fourth-order valence-electron chi connectivity index (χ4n) is 3.40. The van der Waals surface area contributed by atoms with Crippen molar-refractivity contribution in [3.63, 3.8) is 0 Å². The van der Waals surface area contributed by atoms with Crippen LogP contribution in [0, 0.1) is 6.92 Å². The van der Waals surface area contributed by atoms with Crippen LogP contribution in [0.4, 0.5) is 11.6 Å². The molecule has 1 aliphatic carbocycles. The summed E-state index contributed by atoms with van der Waals surface area (Å²) in [6.45, 7) is 3.96. The number of rotatable bonds is 7. The number of nitrogens with one attached hydrogen (secondary N) is 1. The number of ether oxygens (including phenoxy) is 1. The van der Waals surface area contributed by atoms with Gasteiger partial charge in [-0.2, -0.15) is 0 Å². The second-order valence-electron chi connectivity index (χ2n) is 7.22. The Balaban J connectivity index is 1.44. The standard InChI is InChI=1S/C19H24ClN5O2S/c1-12-9-15(16(27-2)10-14(12)20)21-17(26)11-28-19-23-22-18(24-7-3-4-8-24)25(19)13-5-6-13/h9-10,13H,3-8,11H2,1-2H3,(H,21,26). The molecule has 28 heavy (non-hydrogen) atoms. The van der Waals surface area contributed by atoms with E-state index in [4.69, 9.17) is 16.3 Å². The van der Waals surface area contributed by atoms with E-state index in [1.54, 1.807) is 13.2 Å². The monoisotopic (exact) mass is 421 g/mol. The lowest BCUT2D eigenvalue weighted by Gasteiger charge is -2.18. The van der Waals surface area contributed by atoms with E-state index in [-0.39, 0.29) is 11.7 Å². The maximum absolute atomic E-state index is 12.5. The number of hydrogen-bond acceptors (Lipinski definition) is 6. The van der Waals surface area contributed by atoms with E-state index < -0.39 is 0 Å². The summed E-state index contributed by atoms with van der Waals surface area (Å²) in [4.78, 5) is 14.8. The molecule has 0 bridgehead atoms. The molecule has 1 saturated heterocycles. The third-order valence-electron chi connectivity index (χ3n) is 5.03. The van der Waals surface area contributed by atoms with Gasteiger partial charge in [-0.05, 0) is 44.2 Å². The number of anilines is 2. The Morgan fingerprint density at radius 3 is 2.75 bits per heavy atom. The summed E-state index contributed by atoms with van der Waals surface area (Å²) in [5.41, 5.74) is 1.51. The van der Waals surface area contributed by atoms with Gasteiger partial charge >= 0.3 is 0 Å². The lowest BCUT2D eigenvalue weighted by atomic mass is 10.2. The molecule has 2 aromatic rings. The number of nitrogens with zero attached hydrogens (tertiary/aromatic N) is 4. The predicted molar refractivity (Wildman–Crippen MR) is 112 cm³/mol. The molecule has 9 heteroatoms. The van der Waals surface area contributed by atoms with Gasteiger partial charge < -0.3 is 15.0 Å². The van der Waals surface area contributed by atoms with Crippen molar-refractivity contribution in [3.05, 3.63) is 22.7 Å². The van der Waals surface area contributed by atoms with E-state index >= 15 is 0 Å². The van der Waals surface area contributed by atoms with E-state index in [0.717, 1.165) is 42.6 Å². The van der Waals surface area contributed by atoms with E-state index in [1.165, 1.54) is 24.6 Å². The number of amides is 1. The van der Waals surface area contributed by atoms with Gasteiger partial charge in [-0.1, -0.05) is 23.4 Å². The van der Waals surface area contributed by atoms with Crippen molar-refractivity contribution < 1.29 is 9.53 Å². The molecule has 2 heterocycles. The van der Waals surface area contributed by atoms with Crippen LogP contribution in [0.15, 0.2) is 17.3 Å². The van der Waals surface area contributed by atoms with Gasteiger partial charge in [-0.3, -0.25) is 9.36 Å². The Labute approximate surface area is 173 Å². The average molecular weight is 422 g/mol. The minimum absolute atomic E-state index is 0.113. The minimum atomic E-state index is -0.113. The van der Waals surface area contributed by atoms with Crippen LogP contribution >= 0.6 is 23.4 Å². The number of benzene rings is 1. The van der Waals surface area contributed by atoms with Crippen molar-refractivity contribution in [1.29, 1.82) is 0 Å². The Morgan fingerprint density at radius 1 is 1.32 bits per heavy atom. The second kappa shape index (κ2) is 8.21. The van der Waals surface area contributed by atoms with Gasteiger partial charge in [0.1, 0.15) is 5.75 Å². The molecule has 0 unspecified atom stereocenters. The zero-order valence-electron chi connectivity index (χ0n) is 16.1. The minimum Gasteiger partial charge on any atom is -0.495 e. The van der Waals surface area contributed by atoms with Crippen LogP contribution < -0.4 is 15.0 Å². The van der Waals surface area contributed by atoms with Gasteiger partial charge in [-0.15, -0.1) is 10.2 Å². The molecule has 4 rings (SSSR count). The molecule has 0 atom stereocenters. The molecule has 1 amide bonds. The van der Waals surface area contributed by atoms with Crippen molar-refractivity contribution in [3.8, 4) is 5.75 Å². The first kappa shape index (κ1) is 19.4. The zero-order valence-corrected chi connectivity index (χ0v) is 17.6. The normalized spacial score (nSPS) is 16.5. The fourth-order valence-corrected chi connectivity index (χ4v) is 4.35. The number of thioether (sulfide) groups is 1. The van der Waals surface area contributed by atoms with Crippen LogP contribution in [0.3, 0.4) is 0 Å². The number of halogens is 1. The number of carbonyl (C=O) groups is 1. The van der Waals surface area contributed by atoms with Crippen molar-refractivity contribution >= 4 is 40.9 Å². The number of methoxy groups -OCH3 is 1.